The van der Waals surface area contributed by atoms with Gasteiger partial charge in [-0.1, -0.05) is 0 Å². The Morgan fingerprint density at radius 2 is 2.09 bits per heavy atom. The van der Waals surface area contributed by atoms with Gasteiger partial charge in [0.2, 0.25) is 0 Å². The average Bonchev–Trinajstić information content (AvgIpc) is 3.02. The molecule has 0 aliphatic carbocycles. The van der Waals surface area contributed by atoms with Gasteiger partial charge in [-0.25, -0.2) is 9.97 Å². The maximum absolute atomic E-state index is 13.0. The van der Waals surface area contributed by atoms with Crippen molar-refractivity contribution in [1.29, 1.82) is 0 Å². The lowest BCUT2D eigenvalue weighted by Crippen LogP contribution is -2.38. The van der Waals surface area contributed by atoms with E-state index in [-0.39, 0.29) is 17.9 Å². The van der Waals surface area contributed by atoms with Crippen molar-refractivity contribution < 1.29 is 13.2 Å². The number of H-pyrrole nitrogens is 1. The van der Waals surface area contributed by atoms with Gasteiger partial charge < -0.3 is 4.90 Å². The molecule has 116 valence electrons. The van der Waals surface area contributed by atoms with E-state index in [1.165, 1.54) is 6.92 Å². The van der Waals surface area contributed by atoms with Crippen LogP contribution in [0.15, 0.2) is 12.3 Å². The molecule has 0 amide bonds. The predicted molar refractivity (Wildman–Crippen MR) is 72.3 cm³/mol. The molecule has 2 aliphatic rings. The fraction of sp³-hybridized carbons (Fsp3) is 0.500. The van der Waals surface area contributed by atoms with Gasteiger partial charge in [0.1, 0.15) is 17.3 Å². The number of anilines is 1. The number of halogens is 3. The van der Waals surface area contributed by atoms with Crippen molar-refractivity contribution in [3.63, 3.8) is 0 Å². The predicted octanol–water partition coefficient (Wildman–Crippen LogP) is 2.79. The monoisotopic (exact) mass is 309 g/mol. The van der Waals surface area contributed by atoms with Crippen LogP contribution in [-0.2, 0) is 12.6 Å². The number of aromatic amines is 1. The number of rotatable bonds is 1. The van der Waals surface area contributed by atoms with Crippen LogP contribution in [0.3, 0.4) is 0 Å². The summed E-state index contributed by atoms with van der Waals surface area (Å²) in [4.78, 5) is 9.78. The highest BCUT2D eigenvalue weighted by molar-refractivity contribution is 5.50. The second kappa shape index (κ2) is 4.44. The summed E-state index contributed by atoms with van der Waals surface area (Å²) in [6.07, 6.45) is -0.0826. The van der Waals surface area contributed by atoms with Crippen molar-refractivity contribution >= 4 is 5.82 Å². The lowest BCUT2D eigenvalue weighted by Gasteiger charge is -2.35. The van der Waals surface area contributed by atoms with Crippen molar-refractivity contribution in [2.75, 3.05) is 4.90 Å². The Labute approximate surface area is 124 Å². The molecule has 0 saturated carbocycles. The zero-order chi connectivity index (χ0) is 15.5. The molecule has 2 aromatic heterocycles. The van der Waals surface area contributed by atoms with Crippen LogP contribution in [0.5, 0.6) is 0 Å². The molecule has 2 bridgehead atoms. The van der Waals surface area contributed by atoms with E-state index in [0.29, 0.717) is 5.82 Å². The van der Waals surface area contributed by atoms with Crippen LogP contribution < -0.4 is 4.90 Å². The molecule has 0 spiro atoms. The van der Waals surface area contributed by atoms with Gasteiger partial charge in [0.15, 0.2) is 0 Å². The molecule has 4 heterocycles. The van der Waals surface area contributed by atoms with Gasteiger partial charge in [0, 0.05) is 29.8 Å². The van der Waals surface area contributed by atoms with Crippen LogP contribution in [0.25, 0.3) is 0 Å². The van der Waals surface area contributed by atoms with Gasteiger partial charge in [-0.05, 0) is 19.8 Å². The third-order valence-corrected chi connectivity index (χ3v) is 4.43. The Balaban J connectivity index is 1.79. The minimum absolute atomic E-state index is 0.0443. The highest BCUT2D eigenvalue weighted by Crippen LogP contribution is 2.45. The quantitative estimate of drug-likeness (QED) is 0.880. The molecule has 4 rings (SSSR count). The Morgan fingerprint density at radius 1 is 1.27 bits per heavy atom. The number of aryl methyl sites for hydroxylation is 1. The Kier molecular flexibility index (Phi) is 2.73. The smallest absolute Gasteiger partial charge is 0.346 e. The summed E-state index contributed by atoms with van der Waals surface area (Å²) in [7, 11) is 0. The summed E-state index contributed by atoms with van der Waals surface area (Å²) in [6, 6.07) is 1.26. The lowest BCUT2D eigenvalue weighted by atomic mass is 10.0. The number of hydrogen-bond donors (Lipinski definition) is 1. The molecule has 0 radical (unpaired) electrons. The number of fused-ring (bicyclic) bond motifs is 4. The van der Waals surface area contributed by atoms with Crippen LogP contribution in [-0.4, -0.2) is 26.2 Å². The summed E-state index contributed by atoms with van der Waals surface area (Å²) < 4.78 is 39.0. The van der Waals surface area contributed by atoms with E-state index in [0.717, 1.165) is 36.6 Å². The second-order valence-electron chi connectivity index (χ2n) is 5.82. The maximum atomic E-state index is 13.0. The third kappa shape index (κ3) is 1.97. The Hall–Kier alpha value is -2.12. The molecule has 2 atom stereocenters. The number of nitrogens with zero attached hydrogens (tertiary/aromatic N) is 4. The van der Waals surface area contributed by atoms with Crippen molar-refractivity contribution in [1.82, 2.24) is 20.2 Å². The summed E-state index contributed by atoms with van der Waals surface area (Å²) in [5, 5.41) is 7.05. The molecule has 2 aliphatic heterocycles. The molecule has 5 nitrogen and oxygen atoms in total. The van der Waals surface area contributed by atoms with E-state index in [1.54, 1.807) is 6.20 Å². The van der Waals surface area contributed by atoms with E-state index in [1.807, 2.05) is 4.90 Å². The minimum atomic E-state index is -4.46. The summed E-state index contributed by atoms with van der Waals surface area (Å²) in [5.41, 5.74) is 1.27. The molecule has 22 heavy (non-hydrogen) atoms. The number of hydrogen-bond acceptors (Lipinski definition) is 4. The van der Waals surface area contributed by atoms with E-state index in [4.69, 9.17) is 0 Å². The number of aromatic nitrogens is 4. The van der Waals surface area contributed by atoms with Crippen molar-refractivity contribution in [3.8, 4) is 0 Å². The fourth-order valence-electron chi connectivity index (χ4n) is 3.57. The zero-order valence-electron chi connectivity index (χ0n) is 11.9. The van der Waals surface area contributed by atoms with Crippen molar-refractivity contribution in [3.05, 3.63) is 35.0 Å². The first-order chi connectivity index (χ1) is 10.4. The summed E-state index contributed by atoms with van der Waals surface area (Å²) in [5.74, 6) is 0.501. The molecule has 8 heteroatoms. The van der Waals surface area contributed by atoms with Crippen molar-refractivity contribution in [2.24, 2.45) is 0 Å². The highest BCUT2D eigenvalue weighted by Gasteiger charge is 2.43. The van der Waals surface area contributed by atoms with Crippen LogP contribution in [0.1, 0.15) is 41.7 Å². The second-order valence-corrected chi connectivity index (χ2v) is 5.82. The van der Waals surface area contributed by atoms with Gasteiger partial charge in [-0.3, -0.25) is 5.10 Å². The van der Waals surface area contributed by atoms with E-state index >= 15 is 0 Å². The average molecular weight is 309 g/mol. The zero-order valence-corrected chi connectivity index (χ0v) is 11.9. The first-order valence-corrected chi connectivity index (χ1v) is 7.17. The molecular weight excluding hydrogens is 295 g/mol. The highest BCUT2D eigenvalue weighted by atomic mass is 19.4. The van der Waals surface area contributed by atoms with Crippen LogP contribution in [0.2, 0.25) is 0 Å². The van der Waals surface area contributed by atoms with Gasteiger partial charge in [0.25, 0.3) is 0 Å². The fourth-order valence-corrected chi connectivity index (χ4v) is 3.57. The van der Waals surface area contributed by atoms with Gasteiger partial charge in [-0.15, -0.1) is 0 Å². The van der Waals surface area contributed by atoms with Crippen molar-refractivity contribution in [2.45, 2.75) is 44.4 Å². The Morgan fingerprint density at radius 3 is 2.86 bits per heavy atom. The molecule has 2 unspecified atom stereocenters. The van der Waals surface area contributed by atoms with Crippen LogP contribution in [0, 0.1) is 6.92 Å². The van der Waals surface area contributed by atoms with Crippen LogP contribution in [0.4, 0.5) is 19.0 Å². The third-order valence-electron chi connectivity index (χ3n) is 4.43. The summed E-state index contributed by atoms with van der Waals surface area (Å²) >= 11 is 0. The molecule has 2 aromatic rings. The standard InChI is InChI=1S/C14H14F3N5/c1-7-19-12(14(15,16)17)5-13(20-7)22-8-2-3-11(22)9-6-18-21-10(9)4-8/h5-6,8,11H,2-4H2,1H3,(H,18,21). The van der Waals surface area contributed by atoms with Gasteiger partial charge >= 0.3 is 6.18 Å². The maximum Gasteiger partial charge on any atom is 0.433 e. The van der Waals surface area contributed by atoms with E-state index in [2.05, 4.69) is 20.2 Å². The normalized spacial score (nSPS) is 23.7. The largest absolute Gasteiger partial charge is 0.433 e. The molecular formula is C14H14F3N5. The van der Waals surface area contributed by atoms with E-state index < -0.39 is 11.9 Å². The Bertz CT molecular complexity index is 724. The van der Waals surface area contributed by atoms with Gasteiger partial charge in [-0.2, -0.15) is 18.3 Å². The van der Waals surface area contributed by atoms with Gasteiger partial charge in [0.05, 0.1) is 12.2 Å². The molecule has 1 fully saturated rings. The minimum Gasteiger partial charge on any atom is -0.346 e. The number of alkyl halides is 3. The summed E-state index contributed by atoms with van der Waals surface area (Å²) in [6.45, 7) is 1.49. The molecule has 1 N–H and O–H groups in total. The topological polar surface area (TPSA) is 57.7 Å². The number of nitrogens with one attached hydrogen (secondary N) is 1. The first kappa shape index (κ1) is 13.5. The lowest BCUT2D eigenvalue weighted by molar-refractivity contribution is -0.141. The van der Waals surface area contributed by atoms with Crippen LogP contribution >= 0.6 is 0 Å². The first-order valence-electron chi connectivity index (χ1n) is 7.17. The molecule has 1 saturated heterocycles. The SMILES string of the molecule is Cc1nc(N2C3CCC2c2cn[nH]c2C3)cc(C(F)(F)F)n1. The van der Waals surface area contributed by atoms with E-state index in [9.17, 15) is 13.2 Å². The molecule has 0 aromatic carbocycles.